The second-order valence-corrected chi connectivity index (χ2v) is 3.78. The predicted octanol–water partition coefficient (Wildman–Crippen LogP) is 2.85. The molecule has 0 heterocycles. The Kier molecular flexibility index (Phi) is 3.72. The van der Waals surface area contributed by atoms with Crippen LogP contribution < -0.4 is 5.32 Å². The fourth-order valence-corrected chi connectivity index (χ4v) is 1.64. The molecule has 0 aliphatic rings. The van der Waals surface area contributed by atoms with Crippen LogP contribution in [0.1, 0.15) is 15.9 Å². The highest BCUT2D eigenvalue weighted by Gasteiger charge is 2.07. The number of nitrogens with one attached hydrogen (secondary N) is 1. The first-order valence-electron chi connectivity index (χ1n) is 5.62. The molecule has 0 aromatic heterocycles. The molecule has 0 spiro atoms. The molecule has 1 N–H and O–H groups in total. The highest BCUT2D eigenvalue weighted by molar-refractivity contribution is 6.09. The molecule has 0 unspecified atom stereocenters. The van der Waals surface area contributed by atoms with Crippen LogP contribution in [-0.4, -0.2) is 12.3 Å². The van der Waals surface area contributed by atoms with E-state index in [1.165, 1.54) is 0 Å². The molecule has 0 fully saturated rings. The van der Waals surface area contributed by atoms with Crippen molar-refractivity contribution in [3.63, 3.8) is 0 Å². The average molecular weight is 236 g/mol. The van der Waals surface area contributed by atoms with Crippen molar-refractivity contribution in [3.05, 3.63) is 65.7 Å². The van der Waals surface area contributed by atoms with Crippen LogP contribution in [0.25, 0.3) is 0 Å². The maximum Gasteiger partial charge on any atom is 0.193 e. The average Bonchev–Trinajstić information content (AvgIpc) is 2.46. The number of rotatable bonds is 4. The van der Waals surface area contributed by atoms with E-state index in [-0.39, 0.29) is 12.3 Å². The molecule has 3 heteroatoms. The number of nitriles is 1. The van der Waals surface area contributed by atoms with E-state index >= 15 is 0 Å². The Hall–Kier alpha value is -2.60. The Balaban J connectivity index is 2.15. The molecule has 2 aromatic carbocycles. The quantitative estimate of drug-likeness (QED) is 0.656. The van der Waals surface area contributed by atoms with Gasteiger partial charge in [-0.1, -0.05) is 30.3 Å². The van der Waals surface area contributed by atoms with Gasteiger partial charge in [0.2, 0.25) is 0 Å². The number of nitrogens with zero attached hydrogens (tertiary/aromatic N) is 1. The lowest BCUT2D eigenvalue weighted by atomic mass is 10.0. The molecule has 0 radical (unpaired) electrons. The monoisotopic (exact) mass is 236 g/mol. The molecule has 88 valence electrons. The number of hydrogen-bond donors (Lipinski definition) is 1. The number of hydrogen-bond acceptors (Lipinski definition) is 3. The first-order valence-corrected chi connectivity index (χ1v) is 5.62. The predicted molar refractivity (Wildman–Crippen MR) is 70.4 cm³/mol. The maximum atomic E-state index is 12.1. The van der Waals surface area contributed by atoms with Gasteiger partial charge in [-0.3, -0.25) is 4.79 Å². The molecule has 0 amide bonds. The molecule has 0 bridgehead atoms. The molecule has 2 aromatic rings. The van der Waals surface area contributed by atoms with E-state index in [1.54, 1.807) is 36.4 Å². The van der Waals surface area contributed by atoms with Crippen molar-refractivity contribution >= 4 is 11.5 Å². The third kappa shape index (κ3) is 2.74. The van der Waals surface area contributed by atoms with Crippen LogP contribution in [-0.2, 0) is 0 Å². The minimum atomic E-state index is 0.00225. The van der Waals surface area contributed by atoms with Gasteiger partial charge in [0.15, 0.2) is 5.78 Å². The van der Waals surface area contributed by atoms with Crippen molar-refractivity contribution in [1.29, 1.82) is 5.26 Å². The summed E-state index contributed by atoms with van der Waals surface area (Å²) in [4.78, 5) is 12.1. The van der Waals surface area contributed by atoms with Gasteiger partial charge in [0, 0.05) is 16.8 Å². The second kappa shape index (κ2) is 5.65. The zero-order valence-corrected chi connectivity index (χ0v) is 9.76. The standard InChI is InChI=1S/C15H12N2O/c16-10-11-17-14-8-6-13(7-9-14)15(18)12-4-2-1-3-5-12/h1-9,17H,11H2. The van der Waals surface area contributed by atoms with E-state index in [4.69, 9.17) is 5.26 Å². The lowest BCUT2D eigenvalue weighted by molar-refractivity contribution is 0.103. The summed E-state index contributed by atoms with van der Waals surface area (Å²) >= 11 is 0. The van der Waals surface area contributed by atoms with Crippen LogP contribution >= 0.6 is 0 Å². The molecule has 18 heavy (non-hydrogen) atoms. The minimum Gasteiger partial charge on any atom is -0.372 e. The van der Waals surface area contributed by atoms with E-state index in [9.17, 15) is 4.79 Å². The SMILES string of the molecule is N#CCNc1ccc(C(=O)c2ccccc2)cc1. The zero-order valence-electron chi connectivity index (χ0n) is 9.76. The number of ketones is 1. The first-order chi connectivity index (χ1) is 8.81. The van der Waals surface area contributed by atoms with E-state index in [0.717, 1.165) is 5.69 Å². The molecule has 2 rings (SSSR count). The highest BCUT2D eigenvalue weighted by Crippen LogP contribution is 2.13. The summed E-state index contributed by atoms with van der Waals surface area (Å²) in [6.07, 6.45) is 0. The summed E-state index contributed by atoms with van der Waals surface area (Å²) in [5.74, 6) is 0.00225. The summed E-state index contributed by atoms with van der Waals surface area (Å²) < 4.78 is 0. The van der Waals surface area contributed by atoms with Crippen LogP contribution in [0.5, 0.6) is 0 Å². The van der Waals surface area contributed by atoms with Crippen molar-refractivity contribution in [1.82, 2.24) is 0 Å². The Morgan fingerprint density at radius 2 is 1.61 bits per heavy atom. The van der Waals surface area contributed by atoms with E-state index in [2.05, 4.69) is 5.32 Å². The van der Waals surface area contributed by atoms with Gasteiger partial charge in [-0.05, 0) is 24.3 Å². The summed E-state index contributed by atoms with van der Waals surface area (Å²) in [5.41, 5.74) is 2.15. The Morgan fingerprint density at radius 1 is 1.00 bits per heavy atom. The van der Waals surface area contributed by atoms with Gasteiger partial charge in [-0.2, -0.15) is 5.26 Å². The third-order valence-electron chi connectivity index (χ3n) is 2.55. The van der Waals surface area contributed by atoms with Gasteiger partial charge in [0.05, 0.1) is 6.07 Å². The van der Waals surface area contributed by atoms with E-state index in [1.807, 2.05) is 24.3 Å². The summed E-state index contributed by atoms with van der Waals surface area (Å²) in [6, 6.07) is 18.3. The molecule has 0 aliphatic carbocycles. The summed E-state index contributed by atoms with van der Waals surface area (Å²) in [5, 5.41) is 11.4. The van der Waals surface area contributed by atoms with E-state index < -0.39 is 0 Å². The second-order valence-electron chi connectivity index (χ2n) is 3.78. The van der Waals surface area contributed by atoms with Crippen molar-refractivity contribution in [2.24, 2.45) is 0 Å². The van der Waals surface area contributed by atoms with Crippen LogP contribution in [0.3, 0.4) is 0 Å². The molecular formula is C15H12N2O. The molecule has 3 nitrogen and oxygen atoms in total. The van der Waals surface area contributed by atoms with Crippen LogP contribution in [0.4, 0.5) is 5.69 Å². The fourth-order valence-electron chi connectivity index (χ4n) is 1.64. The molecule has 0 saturated carbocycles. The van der Waals surface area contributed by atoms with E-state index in [0.29, 0.717) is 11.1 Å². The van der Waals surface area contributed by atoms with Crippen LogP contribution in [0, 0.1) is 11.3 Å². The van der Waals surface area contributed by atoms with Crippen LogP contribution in [0.2, 0.25) is 0 Å². The van der Waals surface area contributed by atoms with Gasteiger partial charge in [-0.25, -0.2) is 0 Å². The van der Waals surface area contributed by atoms with Gasteiger partial charge in [-0.15, -0.1) is 0 Å². The van der Waals surface area contributed by atoms with Crippen molar-refractivity contribution in [3.8, 4) is 6.07 Å². The Labute approximate surface area is 106 Å². The molecule has 0 aliphatic heterocycles. The smallest absolute Gasteiger partial charge is 0.193 e. The van der Waals surface area contributed by atoms with Crippen molar-refractivity contribution < 1.29 is 4.79 Å². The Bertz CT molecular complexity index is 568. The maximum absolute atomic E-state index is 12.1. The number of carbonyl (C=O) groups is 1. The topological polar surface area (TPSA) is 52.9 Å². The van der Waals surface area contributed by atoms with Gasteiger partial charge in [0.25, 0.3) is 0 Å². The minimum absolute atomic E-state index is 0.00225. The van der Waals surface area contributed by atoms with Crippen molar-refractivity contribution in [2.75, 3.05) is 11.9 Å². The van der Waals surface area contributed by atoms with Crippen LogP contribution in [0.15, 0.2) is 54.6 Å². The number of benzene rings is 2. The zero-order chi connectivity index (χ0) is 12.8. The lowest BCUT2D eigenvalue weighted by Gasteiger charge is -2.04. The molecule has 0 saturated heterocycles. The third-order valence-corrected chi connectivity index (χ3v) is 2.55. The summed E-state index contributed by atoms with van der Waals surface area (Å²) in [6.45, 7) is 0.256. The normalized spacial score (nSPS) is 9.50. The number of anilines is 1. The highest BCUT2D eigenvalue weighted by atomic mass is 16.1. The lowest BCUT2D eigenvalue weighted by Crippen LogP contribution is -2.02. The largest absolute Gasteiger partial charge is 0.372 e. The fraction of sp³-hybridized carbons (Fsp3) is 0.0667. The van der Waals surface area contributed by atoms with Gasteiger partial charge in [0.1, 0.15) is 6.54 Å². The molecular weight excluding hydrogens is 224 g/mol. The van der Waals surface area contributed by atoms with Gasteiger partial charge >= 0.3 is 0 Å². The summed E-state index contributed by atoms with van der Waals surface area (Å²) in [7, 11) is 0. The first kappa shape index (κ1) is 11.9. The van der Waals surface area contributed by atoms with Gasteiger partial charge < -0.3 is 5.32 Å². The Morgan fingerprint density at radius 3 is 2.22 bits per heavy atom. The molecule has 0 atom stereocenters. The van der Waals surface area contributed by atoms with Crippen molar-refractivity contribution in [2.45, 2.75) is 0 Å². The number of carbonyl (C=O) groups excluding carboxylic acids is 1.